The number of aliphatic imine (C=N–C) groups is 1. The van der Waals surface area contributed by atoms with Gasteiger partial charge in [0.15, 0.2) is 5.96 Å². The summed E-state index contributed by atoms with van der Waals surface area (Å²) in [6, 6.07) is 5.21. The average Bonchev–Trinajstić information content (AvgIpc) is 2.63. The number of benzene rings is 1. The second-order valence-corrected chi connectivity index (χ2v) is 6.54. The molecular formula is C19H31FN4O. The number of nitrogens with zero attached hydrogens (tertiary/aromatic N) is 2. The van der Waals surface area contributed by atoms with Gasteiger partial charge in [-0.2, -0.15) is 0 Å². The summed E-state index contributed by atoms with van der Waals surface area (Å²) >= 11 is 0. The predicted molar refractivity (Wildman–Crippen MR) is 100 cm³/mol. The molecule has 1 fully saturated rings. The second-order valence-electron chi connectivity index (χ2n) is 6.54. The maximum atomic E-state index is 13.5. The van der Waals surface area contributed by atoms with E-state index in [1.54, 1.807) is 12.1 Å². The van der Waals surface area contributed by atoms with Gasteiger partial charge >= 0.3 is 0 Å². The van der Waals surface area contributed by atoms with Crippen LogP contribution >= 0.6 is 0 Å². The topological polar surface area (TPSA) is 59.9 Å². The minimum atomic E-state index is -0.376. The quantitative estimate of drug-likeness (QED) is 0.521. The van der Waals surface area contributed by atoms with Crippen molar-refractivity contribution in [2.75, 3.05) is 26.2 Å². The van der Waals surface area contributed by atoms with Gasteiger partial charge in [0.05, 0.1) is 13.2 Å². The van der Waals surface area contributed by atoms with Crippen molar-refractivity contribution in [2.24, 2.45) is 4.99 Å². The van der Waals surface area contributed by atoms with Crippen LogP contribution in [-0.4, -0.2) is 48.2 Å². The van der Waals surface area contributed by atoms with Crippen LogP contribution in [0.4, 0.5) is 4.39 Å². The molecule has 0 bridgehead atoms. The van der Waals surface area contributed by atoms with Gasteiger partial charge in [-0.3, -0.25) is 0 Å². The molecule has 140 valence electrons. The van der Waals surface area contributed by atoms with Crippen molar-refractivity contribution in [2.45, 2.75) is 52.3 Å². The van der Waals surface area contributed by atoms with Gasteiger partial charge in [0, 0.05) is 31.2 Å². The van der Waals surface area contributed by atoms with E-state index in [1.807, 2.05) is 6.92 Å². The van der Waals surface area contributed by atoms with Gasteiger partial charge in [0.25, 0.3) is 0 Å². The molecule has 0 saturated carbocycles. The van der Waals surface area contributed by atoms with E-state index < -0.39 is 0 Å². The number of halogens is 1. The first kappa shape index (κ1) is 19.7. The lowest BCUT2D eigenvalue weighted by atomic mass is 10.1. The maximum Gasteiger partial charge on any atom is 0.191 e. The van der Waals surface area contributed by atoms with Crippen LogP contribution in [0, 0.1) is 5.82 Å². The summed E-state index contributed by atoms with van der Waals surface area (Å²) < 4.78 is 13.5. The molecule has 0 aromatic heterocycles. The first-order valence-electron chi connectivity index (χ1n) is 9.31. The third-order valence-electron chi connectivity index (χ3n) is 4.51. The fraction of sp³-hybridized carbons (Fsp3) is 0.632. The summed E-state index contributed by atoms with van der Waals surface area (Å²) in [5.74, 6) is 0.422. The van der Waals surface area contributed by atoms with Crippen molar-refractivity contribution in [1.82, 2.24) is 15.5 Å². The minimum Gasteiger partial charge on any atom is -0.392 e. The highest BCUT2D eigenvalue weighted by atomic mass is 19.1. The van der Waals surface area contributed by atoms with Gasteiger partial charge in [-0.1, -0.05) is 13.0 Å². The normalized spacial score (nSPS) is 16.9. The number of aliphatic hydroxyl groups excluding tert-OH is 1. The van der Waals surface area contributed by atoms with Crippen LogP contribution in [0.15, 0.2) is 23.2 Å². The molecule has 0 spiro atoms. The van der Waals surface area contributed by atoms with E-state index >= 15 is 0 Å². The van der Waals surface area contributed by atoms with Crippen LogP contribution in [-0.2, 0) is 13.2 Å². The van der Waals surface area contributed by atoms with E-state index in [1.165, 1.54) is 19.0 Å². The van der Waals surface area contributed by atoms with Crippen molar-refractivity contribution in [3.63, 3.8) is 0 Å². The number of nitrogens with one attached hydrogen (secondary N) is 2. The fourth-order valence-corrected chi connectivity index (χ4v) is 3.15. The van der Waals surface area contributed by atoms with Crippen molar-refractivity contribution < 1.29 is 9.50 Å². The van der Waals surface area contributed by atoms with Crippen molar-refractivity contribution >= 4 is 5.96 Å². The van der Waals surface area contributed by atoms with Crippen LogP contribution in [0.5, 0.6) is 0 Å². The van der Waals surface area contributed by atoms with Crippen molar-refractivity contribution in [3.05, 3.63) is 35.1 Å². The molecule has 0 atom stereocenters. The highest BCUT2D eigenvalue weighted by Crippen LogP contribution is 2.12. The number of rotatable bonds is 7. The lowest BCUT2D eigenvalue weighted by Crippen LogP contribution is -2.48. The molecule has 0 aliphatic carbocycles. The Hall–Kier alpha value is -1.66. The number of piperidine rings is 1. The summed E-state index contributed by atoms with van der Waals surface area (Å²) in [6.45, 7) is 8.66. The number of likely N-dealkylation sites (tertiary alicyclic amines) is 1. The molecule has 3 N–H and O–H groups in total. The Balaban J connectivity index is 1.92. The molecular weight excluding hydrogens is 319 g/mol. The lowest BCUT2D eigenvalue weighted by molar-refractivity contribution is 0.206. The summed E-state index contributed by atoms with van der Waals surface area (Å²) in [5, 5.41) is 16.0. The van der Waals surface area contributed by atoms with Gasteiger partial charge < -0.3 is 20.6 Å². The van der Waals surface area contributed by atoms with E-state index in [2.05, 4.69) is 27.4 Å². The Bertz CT molecular complexity index is 556. The average molecular weight is 350 g/mol. The zero-order valence-electron chi connectivity index (χ0n) is 15.4. The van der Waals surface area contributed by atoms with Gasteiger partial charge in [0.1, 0.15) is 5.82 Å². The Morgan fingerprint density at radius 2 is 2.08 bits per heavy atom. The van der Waals surface area contributed by atoms with E-state index in [9.17, 15) is 9.50 Å². The Morgan fingerprint density at radius 3 is 2.72 bits per heavy atom. The largest absolute Gasteiger partial charge is 0.392 e. The summed E-state index contributed by atoms with van der Waals surface area (Å²) in [5.41, 5.74) is 1.20. The highest BCUT2D eigenvalue weighted by Gasteiger charge is 2.19. The molecule has 1 heterocycles. The van der Waals surface area contributed by atoms with Gasteiger partial charge in [-0.15, -0.1) is 0 Å². The first-order valence-corrected chi connectivity index (χ1v) is 9.31. The molecule has 1 aliphatic rings. The minimum absolute atomic E-state index is 0.294. The number of guanidine groups is 1. The van der Waals surface area contributed by atoms with Gasteiger partial charge in [0.2, 0.25) is 0 Å². The SMILES string of the molecule is CCCN1CCC(NC(=NCc2ccc(F)c(CO)c2)NCC)CC1. The molecule has 6 heteroatoms. The Labute approximate surface area is 150 Å². The van der Waals surface area contributed by atoms with Crippen LogP contribution < -0.4 is 10.6 Å². The maximum absolute atomic E-state index is 13.5. The van der Waals surface area contributed by atoms with Gasteiger partial charge in [-0.05, 0) is 50.4 Å². The number of aliphatic hydroxyl groups is 1. The molecule has 0 amide bonds. The van der Waals surface area contributed by atoms with E-state index in [-0.39, 0.29) is 12.4 Å². The molecule has 1 aromatic rings. The standard InChI is InChI=1S/C19H31FN4O/c1-3-9-24-10-7-17(8-11-24)23-19(21-4-2)22-13-15-5-6-18(20)16(12-15)14-25/h5-6,12,17,25H,3-4,7-11,13-14H2,1-2H3,(H2,21,22,23). The van der Waals surface area contributed by atoms with Crippen LogP contribution in [0.3, 0.4) is 0 Å². The molecule has 0 unspecified atom stereocenters. The van der Waals surface area contributed by atoms with Gasteiger partial charge in [-0.25, -0.2) is 9.38 Å². The monoisotopic (exact) mass is 350 g/mol. The predicted octanol–water partition coefficient (Wildman–Crippen LogP) is 2.25. The molecule has 5 nitrogen and oxygen atoms in total. The highest BCUT2D eigenvalue weighted by molar-refractivity contribution is 5.80. The van der Waals surface area contributed by atoms with E-state index in [0.717, 1.165) is 44.0 Å². The Kier molecular flexibility index (Phi) is 8.15. The molecule has 0 radical (unpaired) electrons. The summed E-state index contributed by atoms with van der Waals surface area (Å²) in [4.78, 5) is 7.13. The molecule has 1 aromatic carbocycles. The van der Waals surface area contributed by atoms with Crippen molar-refractivity contribution in [1.29, 1.82) is 0 Å². The summed E-state index contributed by atoms with van der Waals surface area (Å²) in [7, 11) is 0. The smallest absolute Gasteiger partial charge is 0.191 e. The zero-order chi connectivity index (χ0) is 18.1. The van der Waals surface area contributed by atoms with E-state index in [0.29, 0.717) is 18.2 Å². The number of hydrogen-bond acceptors (Lipinski definition) is 3. The first-order chi connectivity index (χ1) is 12.2. The van der Waals surface area contributed by atoms with Crippen LogP contribution in [0.1, 0.15) is 44.2 Å². The Morgan fingerprint density at radius 1 is 1.32 bits per heavy atom. The molecule has 2 rings (SSSR count). The van der Waals surface area contributed by atoms with E-state index in [4.69, 9.17) is 0 Å². The second kappa shape index (κ2) is 10.4. The van der Waals surface area contributed by atoms with Crippen molar-refractivity contribution in [3.8, 4) is 0 Å². The zero-order valence-corrected chi connectivity index (χ0v) is 15.4. The molecule has 1 aliphatic heterocycles. The summed E-state index contributed by atoms with van der Waals surface area (Å²) in [6.07, 6.45) is 3.45. The third-order valence-corrected chi connectivity index (χ3v) is 4.51. The lowest BCUT2D eigenvalue weighted by Gasteiger charge is -2.32. The number of hydrogen-bond donors (Lipinski definition) is 3. The molecule has 1 saturated heterocycles. The molecule has 25 heavy (non-hydrogen) atoms. The fourth-order valence-electron chi connectivity index (χ4n) is 3.15. The third kappa shape index (κ3) is 6.29. The van der Waals surface area contributed by atoms with Crippen LogP contribution in [0.25, 0.3) is 0 Å². The van der Waals surface area contributed by atoms with Crippen LogP contribution in [0.2, 0.25) is 0 Å².